The van der Waals surface area contributed by atoms with Crippen molar-refractivity contribution in [3.05, 3.63) is 0 Å². The van der Waals surface area contributed by atoms with Gasteiger partial charge in [-0.3, -0.25) is 9.59 Å². The molecular formula is C18H31NO3. The number of aliphatic carboxylic acids is 1. The Hall–Kier alpha value is -1.06. The van der Waals surface area contributed by atoms with Crippen LogP contribution < -0.4 is 0 Å². The minimum atomic E-state index is -0.784. The maximum absolute atomic E-state index is 12.4. The molecule has 2 aliphatic rings. The maximum Gasteiger partial charge on any atom is 0.311 e. The molecule has 1 saturated carbocycles. The van der Waals surface area contributed by atoms with Crippen LogP contribution in [0.1, 0.15) is 66.2 Å². The molecule has 0 radical (unpaired) electrons. The Kier molecular flexibility index (Phi) is 4.88. The second-order valence-electron chi connectivity index (χ2n) is 8.72. The van der Waals surface area contributed by atoms with Crippen molar-refractivity contribution in [2.45, 2.75) is 66.2 Å². The van der Waals surface area contributed by atoms with Gasteiger partial charge in [-0.1, -0.05) is 20.8 Å². The summed E-state index contributed by atoms with van der Waals surface area (Å²) in [5.41, 5.74) is -0.382. The van der Waals surface area contributed by atoms with Gasteiger partial charge in [0.15, 0.2) is 0 Å². The number of carbonyl (C=O) groups excluding carboxylic acids is 1. The molecule has 2 fully saturated rings. The molecule has 1 heterocycles. The first-order chi connectivity index (χ1) is 10.1. The van der Waals surface area contributed by atoms with E-state index in [1.54, 1.807) is 11.8 Å². The molecule has 0 aromatic heterocycles. The average molecular weight is 309 g/mol. The van der Waals surface area contributed by atoms with Crippen LogP contribution >= 0.6 is 0 Å². The molecule has 1 aliphatic heterocycles. The molecule has 0 spiro atoms. The average Bonchev–Trinajstić information content (AvgIpc) is 2.82. The van der Waals surface area contributed by atoms with Crippen molar-refractivity contribution in [2.75, 3.05) is 13.1 Å². The van der Waals surface area contributed by atoms with Gasteiger partial charge in [-0.05, 0) is 56.3 Å². The van der Waals surface area contributed by atoms with Gasteiger partial charge < -0.3 is 10.0 Å². The van der Waals surface area contributed by atoms with E-state index in [0.717, 1.165) is 18.8 Å². The lowest BCUT2D eigenvalue weighted by molar-refractivity contribution is -0.147. The smallest absolute Gasteiger partial charge is 0.311 e. The number of nitrogens with zero attached hydrogens (tertiary/aromatic N) is 1. The number of rotatable bonds is 3. The number of carbonyl (C=O) groups is 2. The zero-order chi connectivity index (χ0) is 16.5. The Balaban J connectivity index is 1.81. The van der Waals surface area contributed by atoms with Crippen molar-refractivity contribution in [3.63, 3.8) is 0 Å². The van der Waals surface area contributed by atoms with E-state index in [-0.39, 0.29) is 5.91 Å². The number of hydrogen-bond acceptors (Lipinski definition) is 2. The van der Waals surface area contributed by atoms with Crippen LogP contribution in [0.4, 0.5) is 0 Å². The molecule has 1 saturated heterocycles. The third-order valence-electron chi connectivity index (χ3n) is 5.88. The van der Waals surface area contributed by atoms with Crippen molar-refractivity contribution in [2.24, 2.45) is 22.7 Å². The lowest BCUT2D eigenvalue weighted by atomic mass is 9.69. The van der Waals surface area contributed by atoms with Gasteiger partial charge >= 0.3 is 5.97 Å². The van der Waals surface area contributed by atoms with Gasteiger partial charge in [0, 0.05) is 19.5 Å². The summed E-state index contributed by atoms with van der Waals surface area (Å²) in [6.45, 7) is 9.63. The third kappa shape index (κ3) is 3.82. The molecule has 4 nitrogen and oxygen atoms in total. The number of likely N-dealkylation sites (tertiary alicyclic amines) is 1. The Morgan fingerprint density at radius 2 is 1.77 bits per heavy atom. The van der Waals surface area contributed by atoms with E-state index in [0.29, 0.717) is 37.3 Å². The number of carboxylic acid groups (broad SMARTS) is 1. The standard InChI is InChI=1S/C18H31NO3/c1-17(2,3)14-7-5-13(6-8-14)11-15(20)19-10-9-18(4,12-19)16(21)22/h13-14H,5-12H2,1-4H3,(H,21,22). The van der Waals surface area contributed by atoms with Crippen LogP contribution in [0, 0.1) is 22.7 Å². The van der Waals surface area contributed by atoms with Gasteiger partial charge in [0.25, 0.3) is 0 Å². The molecule has 1 N–H and O–H groups in total. The van der Waals surface area contributed by atoms with Crippen LogP contribution in [0.25, 0.3) is 0 Å². The predicted octanol–water partition coefficient (Wildman–Crippen LogP) is 3.55. The molecule has 0 bridgehead atoms. The minimum Gasteiger partial charge on any atom is -0.481 e. The highest BCUT2D eigenvalue weighted by Gasteiger charge is 2.42. The number of carboxylic acids is 1. The summed E-state index contributed by atoms with van der Waals surface area (Å²) in [7, 11) is 0. The fraction of sp³-hybridized carbons (Fsp3) is 0.889. The van der Waals surface area contributed by atoms with Crippen LogP contribution in [-0.2, 0) is 9.59 Å². The molecule has 4 heteroatoms. The van der Waals surface area contributed by atoms with E-state index in [1.165, 1.54) is 12.8 Å². The van der Waals surface area contributed by atoms with Crippen LogP contribution in [0.3, 0.4) is 0 Å². The second-order valence-corrected chi connectivity index (χ2v) is 8.72. The molecule has 0 aromatic carbocycles. The fourth-order valence-electron chi connectivity index (χ4n) is 3.96. The molecule has 22 heavy (non-hydrogen) atoms. The molecule has 126 valence electrons. The first-order valence-corrected chi connectivity index (χ1v) is 8.63. The predicted molar refractivity (Wildman–Crippen MR) is 86.5 cm³/mol. The monoisotopic (exact) mass is 309 g/mol. The normalized spacial score (nSPS) is 33.0. The number of hydrogen-bond donors (Lipinski definition) is 1. The molecule has 1 amide bonds. The second kappa shape index (κ2) is 6.21. The van der Waals surface area contributed by atoms with Gasteiger partial charge in [0.05, 0.1) is 5.41 Å². The van der Waals surface area contributed by atoms with Crippen molar-refractivity contribution >= 4 is 11.9 Å². The van der Waals surface area contributed by atoms with E-state index >= 15 is 0 Å². The maximum atomic E-state index is 12.4. The van der Waals surface area contributed by atoms with Crippen LogP contribution in [0.15, 0.2) is 0 Å². The Bertz CT molecular complexity index is 432. The van der Waals surface area contributed by atoms with Crippen LogP contribution in [0.2, 0.25) is 0 Å². The van der Waals surface area contributed by atoms with Crippen molar-refractivity contribution in [1.82, 2.24) is 4.90 Å². The van der Waals surface area contributed by atoms with E-state index < -0.39 is 11.4 Å². The molecule has 2 rings (SSSR count). The fourth-order valence-corrected chi connectivity index (χ4v) is 3.96. The highest BCUT2D eigenvalue weighted by atomic mass is 16.4. The zero-order valence-electron chi connectivity index (χ0n) is 14.5. The largest absolute Gasteiger partial charge is 0.481 e. The van der Waals surface area contributed by atoms with Crippen molar-refractivity contribution < 1.29 is 14.7 Å². The lowest BCUT2D eigenvalue weighted by Gasteiger charge is -2.37. The van der Waals surface area contributed by atoms with E-state index in [2.05, 4.69) is 20.8 Å². The number of amides is 1. The topological polar surface area (TPSA) is 57.6 Å². The summed E-state index contributed by atoms with van der Waals surface area (Å²) < 4.78 is 0. The molecule has 1 unspecified atom stereocenters. The van der Waals surface area contributed by atoms with Crippen LogP contribution in [-0.4, -0.2) is 35.0 Å². The van der Waals surface area contributed by atoms with Crippen molar-refractivity contribution in [3.8, 4) is 0 Å². The quantitative estimate of drug-likeness (QED) is 0.867. The van der Waals surface area contributed by atoms with Crippen molar-refractivity contribution in [1.29, 1.82) is 0 Å². The summed E-state index contributed by atoms with van der Waals surface area (Å²) in [5, 5.41) is 9.26. The third-order valence-corrected chi connectivity index (χ3v) is 5.88. The zero-order valence-corrected chi connectivity index (χ0v) is 14.5. The molecule has 1 aliphatic carbocycles. The Labute approximate surface area is 134 Å². The highest BCUT2D eigenvalue weighted by Crippen LogP contribution is 2.41. The Morgan fingerprint density at radius 1 is 1.18 bits per heavy atom. The summed E-state index contributed by atoms with van der Waals surface area (Å²) >= 11 is 0. The van der Waals surface area contributed by atoms with E-state index in [1.807, 2.05) is 0 Å². The summed E-state index contributed by atoms with van der Waals surface area (Å²) in [6, 6.07) is 0. The summed E-state index contributed by atoms with van der Waals surface area (Å²) in [4.78, 5) is 25.5. The van der Waals surface area contributed by atoms with E-state index in [9.17, 15) is 14.7 Å². The van der Waals surface area contributed by atoms with Gasteiger partial charge in [0.1, 0.15) is 0 Å². The molecule has 1 atom stereocenters. The summed E-state index contributed by atoms with van der Waals surface area (Å²) in [5.74, 6) is 0.626. The van der Waals surface area contributed by atoms with Gasteiger partial charge in [-0.15, -0.1) is 0 Å². The van der Waals surface area contributed by atoms with Gasteiger partial charge in [-0.2, -0.15) is 0 Å². The minimum absolute atomic E-state index is 0.157. The van der Waals surface area contributed by atoms with Gasteiger partial charge in [-0.25, -0.2) is 0 Å². The molecule has 0 aromatic rings. The van der Waals surface area contributed by atoms with Gasteiger partial charge in [0.2, 0.25) is 5.91 Å². The lowest BCUT2D eigenvalue weighted by Crippen LogP contribution is -2.36. The van der Waals surface area contributed by atoms with E-state index in [4.69, 9.17) is 0 Å². The first kappa shape index (κ1) is 17.3. The highest BCUT2D eigenvalue weighted by molar-refractivity contribution is 5.80. The SMILES string of the molecule is CC1(C(=O)O)CCN(C(=O)CC2CCC(C(C)(C)C)CC2)C1. The first-order valence-electron chi connectivity index (χ1n) is 8.63. The summed E-state index contributed by atoms with van der Waals surface area (Å²) in [6.07, 6.45) is 5.88. The Morgan fingerprint density at radius 3 is 2.23 bits per heavy atom. The molecular weight excluding hydrogens is 278 g/mol. The van der Waals surface area contributed by atoms with Crippen LogP contribution in [0.5, 0.6) is 0 Å².